The van der Waals surface area contributed by atoms with Crippen molar-refractivity contribution in [3.63, 3.8) is 0 Å². The number of rotatable bonds is 2. The van der Waals surface area contributed by atoms with Crippen molar-refractivity contribution in [1.82, 2.24) is 4.98 Å². The standard InChI is InChI=1S/C11H13NS2.C2H6/c1-7(2)9-6-13-11(12-9)10-5-4-8(3)14-10;1-2/h4-7H,1-3H3;1-2H3. The summed E-state index contributed by atoms with van der Waals surface area (Å²) < 4.78 is 0. The lowest BCUT2D eigenvalue weighted by Gasteiger charge is -1.96. The predicted molar refractivity (Wildman–Crippen MR) is 75.6 cm³/mol. The van der Waals surface area contributed by atoms with Gasteiger partial charge in [-0.3, -0.25) is 0 Å². The highest BCUT2D eigenvalue weighted by atomic mass is 32.1. The van der Waals surface area contributed by atoms with Crippen LogP contribution in [0.15, 0.2) is 17.5 Å². The predicted octanol–water partition coefficient (Wildman–Crippen LogP) is 5.33. The fourth-order valence-corrected chi connectivity index (χ4v) is 3.13. The smallest absolute Gasteiger partial charge is 0.133 e. The maximum absolute atomic E-state index is 4.62. The van der Waals surface area contributed by atoms with E-state index in [1.165, 1.54) is 15.4 Å². The minimum absolute atomic E-state index is 0.529. The van der Waals surface area contributed by atoms with Crippen LogP contribution < -0.4 is 0 Å². The Morgan fingerprint density at radius 3 is 2.31 bits per heavy atom. The Hall–Kier alpha value is -0.670. The van der Waals surface area contributed by atoms with Crippen LogP contribution in [0.25, 0.3) is 9.88 Å². The Morgan fingerprint density at radius 2 is 1.88 bits per heavy atom. The number of nitrogens with zero attached hydrogens (tertiary/aromatic N) is 1. The topological polar surface area (TPSA) is 12.9 Å². The molecule has 0 unspecified atom stereocenters. The third-order valence-corrected chi connectivity index (χ3v) is 4.10. The minimum atomic E-state index is 0.529. The molecule has 0 aliphatic carbocycles. The summed E-state index contributed by atoms with van der Waals surface area (Å²) in [7, 11) is 0. The summed E-state index contributed by atoms with van der Waals surface area (Å²) in [5.74, 6) is 0.529. The summed E-state index contributed by atoms with van der Waals surface area (Å²) in [6.45, 7) is 10.5. The maximum Gasteiger partial charge on any atom is 0.133 e. The molecule has 0 amide bonds. The van der Waals surface area contributed by atoms with Crippen molar-refractivity contribution in [2.75, 3.05) is 0 Å². The first-order valence-corrected chi connectivity index (χ1v) is 7.38. The summed E-state index contributed by atoms with van der Waals surface area (Å²) >= 11 is 3.56. The highest BCUT2D eigenvalue weighted by molar-refractivity contribution is 7.21. The van der Waals surface area contributed by atoms with Gasteiger partial charge in [0.1, 0.15) is 5.01 Å². The molecule has 0 N–H and O–H groups in total. The molecule has 0 spiro atoms. The van der Waals surface area contributed by atoms with Gasteiger partial charge in [-0.2, -0.15) is 0 Å². The lowest BCUT2D eigenvalue weighted by atomic mass is 10.2. The van der Waals surface area contributed by atoms with Crippen molar-refractivity contribution in [2.24, 2.45) is 0 Å². The molecule has 0 bridgehead atoms. The van der Waals surface area contributed by atoms with E-state index in [1.54, 1.807) is 11.3 Å². The van der Waals surface area contributed by atoms with Crippen molar-refractivity contribution >= 4 is 22.7 Å². The van der Waals surface area contributed by atoms with Gasteiger partial charge in [-0.15, -0.1) is 22.7 Å². The monoisotopic (exact) mass is 253 g/mol. The molecule has 2 aromatic rings. The number of aromatic nitrogens is 1. The van der Waals surface area contributed by atoms with E-state index < -0.39 is 0 Å². The Morgan fingerprint density at radius 1 is 1.19 bits per heavy atom. The second-order valence-electron chi connectivity index (χ2n) is 3.64. The fourth-order valence-electron chi connectivity index (χ4n) is 1.21. The molecule has 2 heterocycles. The van der Waals surface area contributed by atoms with Gasteiger partial charge in [0.05, 0.1) is 10.6 Å². The average Bonchev–Trinajstić information content (AvgIpc) is 2.88. The van der Waals surface area contributed by atoms with E-state index in [2.05, 4.69) is 43.3 Å². The number of hydrogen-bond acceptors (Lipinski definition) is 3. The number of hydrogen-bond donors (Lipinski definition) is 0. The molecule has 0 aliphatic rings. The van der Waals surface area contributed by atoms with Crippen molar-refractivity contribution in [2.45, 2.75) is 40.5 Å². The molecule has 2 aromatic heterocycles. The Balaban J connectivity index is 0.000000606. The van der Waals surface area contributed by atoms with Gasteiger partial charge in [0.15, 0.2) is 0 Å². The molecule has 0 saturated heterocycles. The van der Waals surface area contributed by atoms with E-state index in [1.807, 2.05) is 25.2 Å². The van der Waals surface area contributed by atoms with Crippen LogP contribution in [0, 0.1) is 6.92 Å². The van der Waals surface area contributed by atoms with Crippen molar-refractivity contribution < 1.29 is 0 Å². The van der Waals surface area contributed by atoms with E-state index in [-0.39, 0.29) is 0 Å². The van der Waals surface area contributed by atoms with E-state index in [9.17, 15) is 0 Å². The molecule has 16 heavy (non-hydrogen) atoms. The van der Waals surface area contributed by atoms with E-state index in [0.29, 0.717) is 5.92 Å². The normalized spacial score (nSPS) is 10.1. The summed E-state index contributed by atoms with van der Waals surface area (Å²) in [6.07, 6.45) is 0. The van der Waals surface area contributed by atoms with E-state index in [0.717, 1.165) is 5.01 Å². The van der Waals surface area contributed by atoms with Gasteiger partial charge in [0.25, 0.3) is 0 Å². The van der Waals surface area contributed by atoms with Crippen LogP contribution in [0.5, 0.6) is 0 Å². The minimum Gasteiger partial charge on any atom is -0.240 e. The summed E-state index contributed by atoms with van der Waals surface area (Å²) in [5, 5.41) is 3.32. The lowest BCUT2D eigenvalue weighted by molar-refractivity contribution is 0.834. The summed E-state index contributed by atoms with van der Waals surface area (Å²) in [6, 6.07) is 4.30. The van der Waals surface area contributed by atoms with Crippen LogP contribution in [0.3, 0.4) is 0 Å². The molecule has 0 atom stereocenters. The highest BCUT2D eigenvalue weighted by Gasteiger charge is 2.08. The zero-order valence-electron chi connectivity index (χ0n) is 10.6. The van der Waals surface area contributed by atoms with Crippen molar-refractivity contribution in [3.05, 3.63) is 28.1 Å². The summed E-state index contributed by atoms with van der Waals surface area (Å²) in [4.78, 5) is 7.26. The van der Waals surface area contributed by atoms with Crippen LogP contribution in [-0.4, -0.2) is 4.98 Å². The van der Waals surface area contributed by atoms with Crippen LogP contribution in [0.2, 0.25) is 0 Å². The zero-order valence-corrected chi connectivity index (χ0v) is 12.2. The second kappa shape index (κ2) is 6.16. The molecule has 0 radical (unpaired) electrons. The third-order valence-electron chi connectivity index (χ3n) is 2.06. The number of aryl methyl sites for hydroxylation is 1. The van der Waals surface area contributed by atoms with Crippen molar-refractivity contribution in [3.8, 4) is 9.88 Å². The molecular formula is C13H19NS2. The summed E-state index contributed by atoms with van der Waals surface area (Å²) in [5.41, 5.74) is 1.20. The molecule has 1 nitrogen and oxygen atoms in total. The van der Waals surface area contributed by atoms with E-state index in [4.69, 9.17) is 0 Å². The molecule has 88 valence electrons. The van der Waals surface area contributed by atoms with Crippen LogP contribution in [0.4, 0.5) is 0 Å². The van der Waals surface area contributed by atoms with Gasteiger partial charge in [-0.1, -0.05) is 27.7 Å². The van der Waals surface area contributed by atoms with Gasteiger partial charge < -0.3 is 0 Å². The first-order valence-electron chi connectivity index (χ1n) is 5.69. The van der Waals surface area contributed by atoms with Crippen LogP contribution >= 0.6 is 22.7 Å². The SMILES string of the molecule is CC.Cc1ccc(-c2nc(C(C)C)cs2)s1. The fraction of sp³-hybridized carbons (Fsp3) is 0.462. The first-order chi connectivity index (χ1) is 7.66. The van der Waals surface area contributed by atoms with Gasteiger partial charge in [0, 0.05) is 10.3 Å². The van der Waals surface area contributed by atoms with Crippen LogP contribution in [0.1, 0.15) is 44.2 Å². The van der Waals surface area contributed by atoms with E-state index >= 15 is 0 Å². The number of thiophene rings is 1. The molecule has 0 saturated carbocycles. The van der Waals surface area contributed by atoms with Gasteiger partial charge in [-0.25, -0.2) is 4.98 Å². The first kappa shape index (κ1) is 13.4. The molecule has 0 aromatic carbocycles. The number of thiazole rings is 1. The molecule has 3 heteroatoms. The van der Waals surface area contributed by atoms with Gasteiger partial charge in [0.2, 0.25) is 0 Å². The Kier molecular flexibility index (Phi) is 5.16. The maximum atomic E-state index is 4.62. The molecule has 0 fully saturated rings. The quantitative estimate of drug-likeness (QED) is 0.705. The molecule has 2 rings (SSSR count). The zero-order chi connectivity index (χ0) is 12.1. The average molecular weight is 253 g/mol. The lowest BCUT2D eigenvalue weighted by Crippen LogP contribution is -1.85. The Labute approximate surface area is 106 Å². The molecular weight excluding hydrogens is 234 g/mol. The Bertz CT molecular complexity index is 427. The largest absolute Gasteiger partial charge is 0.240 e. The second-order valence-corrected chi connectivity index (χ2v) is 5.79. The molecule has 0 aliphatic heterocycles. The van der Waals surface area contributed by atoms with Gasteiger partial charge >= 0.3 is 0 Å². The highest BCUT2D eigenvalue weighted by Crippen LogP contribution is 2.31. The van der Waals surface area contributed by atoms with Gasteiger partial charge in [-0.05, 0) is 25.0 Å². The van der Waals surface area contributed by atoms with Crippen LogP contribution in [-0.2, 0) is 0 Å². The third kappa shape index (κ3) is 3.16. The van der Waals surface area contributed by atoms with Crippen molar-refractivity contribution in [1.29, 1.82) is 0 Å².